The molecular formula is C20H26N4. The van der Waals surface area contributed by atoms with E-state index in [-0.39, 0.29) is 0 Å². The highest BCUT2D eigenvalue weighted by molar-refractivity contribution is 5.92. The largest absolute Gasteiger partial charge is 0.370 e. The van der Waals surface area contributed by atoms with Gasteiger partial charge < -0.3 is 16.0 Å². The second-order valence-electron chi connectivity index (χ2n) is 6.41. The lowest BCUT2D eigenvalue weighted by molar-refractivity contribution is 0.330. The van der Waals surface area contributed by atoms with Crippen molar-refractivity contribution in [2.75, 3.05) is 31.5 Å². The van der Waals surface area contributed by atoms with Crippen molar-refractivity contribution in [3.05, 3.63) is 66.2 Å². The molecule has 0 spiro atoms. The summed E-state index contributed by atoms with van der Waals surface area (Å²) in [7, 11) is 0. The molecule has 2 aromatic carbocycles. The molecule has 1 atom stereocenters. The monoisotopic (exact) mass is 322 g/mol. The predicted octanol–water partition coefficient (Wildman–Crippen LogP) is 2.98. The third-order valence-corrected chi connectivity index (χ3v) is 4.50. The van der Waals surface area contributed by atoms with Crippen molar-refractivity contribution in [3.8, 4) is 0 Å². The maximum Gasteiger partial charge on any atom is 0.193 e. The molecule has 0 amide bonds. The van der Waals surface area contributed by atoms with E-state index in [1.165, 1.54) is 18.5 Å². The Bertz CT molecular complexity index is 639. The molecule has 3 rings (SSSR count). The molecule has 0 unspecified atom stereocenters. The summed E-state index contributed by atoms with van der Waals surface area (Å²) in [5, 5.41) is 3.14. The lowest BCUT2D eigenvalue weighted by Gasteiger charge is -2.15. The number of rotatable bonds is 6. The first kappa shape index (κ1) is 16.5. The topological polar surface area (TPSA) is 53.6 Å². The Morgan fingerprint density at radius 2 is 1.79 bits per heavy atom. The summed E-state index contributed by atoms with van der Waals surface area (Å²) in [6.45, 7) is 4.21. The highest BCUT2D eigenvalue weighted by Crippen LogP contribution is 2.17. The Balaban J connectivity index is 1.40. The number of nitrogens with zero attached hydrogens (tertiary/aromatic N) is 2. The number of likely N-dealkylation sites (tertiary alicyclic amines) is 1. The van der Waals surface area contributed by atoms with Gasteiger partial charge in [0.05, 0.1) is 0 Å². The summed E-state index contributed by atoms with van der Waals surface area (Å²) in [5.41, 5.74) is 8.37. The Morgan fingerprint density at radius 3 is 2.54 bits per heavy atom. The molecule has 1 aliphatic rings. The standard InChI is InChI=1S/C20H26N4/c21-20(23-19-9-5-2-6-10-19)22-15-18-12-14-24(16-18)13-11-17-7-3-1-4-8-17/h1-10,18H,11-16H2,(H3,21,22,23)/t18-/m0/s1. The zero-order chi connectivity index (χ0) is 16.6. The molecule has 2 aromatic rings. The lowest BCUT2D eigenvalue weighted by Crippen LogP contribution is -2.26. The van der Waals surface area contributed by atoms with Gasteiger partial charge in [0.1, 0.15) is 0 Å². The van der Waals surface area contributed by atoms with E-state index in [2.05, 4.69) is 45.5 Å². The van der Waals surface area contributed by atoms with Gasteiger partial charge in [0.25, 0.3) is 0 Å². The van der Waals surface area contributed by atoms with E-state index >= 15 is 0 Å². The number of benzene rings is 2. The smallest absolute Gasteiger partial charge is 0.193 e. The van der Waals surface area contributed by atoms with Crippen LogP contribution in [0.25, 0.3) is 0 Å². The van der Waals surface area contributed by atoms with Crippen LogP contribution in [0.3, 0.4) is 0 Å². The maximum absolute atomic E-state index is 5.98. The van der Waals surface area contributed by atoms with Crippen LogP contribution >= 0.6 is 0 Å². The zero-order valence-electron chi connectivity index (χ0n) is 14.1. The minimum absolute atomic E-state index is 0.504. The van der Waals surface area contributed by atoms with E-state index in [1.807, 2.05) is 30.3 Å². The van der Waals surface area contributed by atoms with Crippen molar-refractivity contribution in [1.82, 2.24) is 4.90 Å². The molecule has 4 heteroatoms. The van der Waals surface area contributed by atoms with Gasteiger partial charge in [0.15, 0.2) is 5.96 Å². The van der Waals surface area contributed by atoms with Crippen molar-refractivity contribution in [2.24, 2.45) is 16.6 Å². The summed E-state index contributed by atoms with van der Waals surface area (Å²) >= 11 is 0. The summed E-state index contributed by atoms with van der Waals surface area (Å²) in [5.74, 6) is 1.11. The van der Waals surface area contributed by atoms with Gasteiger partial charge >= 0.3 is 0 Å². The van der Waals surface area contributed by atoms with Crippen molar-refractivity contribution in [3.63, 3.8) is 0 Å². The number of nitrogens with two attached hydrogens (primary N) is 1. The van der Waals surface area contributed by atoms with E-state index < -0.39 is 0 Å². The molecule has 3 N–H and O–H groups in total. The second-order valence-corrected chi connectivity index (χ2v) is 6.41. The van der Waals surface area contributed by atoms with E-state index in [0.29, 0.717) is 11.9 Å². The molecule has 0 bridgehead atoms. The summed E-state index contributed by atoms with van der Waals surface area (Å²) < 4.78 is 0. The van der Waals surface area contributed by atoms with Gasteiger partial charge in [-0.25, -0.2) is 0 Å². The molecule has 0 saturated carbocycles. The third-order valence-electron chi connectivity index (χ3n) is 4.50. The van der Waals surface area contributed by atoms with Gasteiger partial charge in [-0.2, -0.15) is 0 Å². The molecular weight excluding hydrogens is 296 g/mol. The summed E-state index contributed by atoms with van der Waals surface area (Å²) in [6.07, 6.45) is 2.32. The summed E-state index contributed by atoms with van der Waals surface area (Å²) in [4.78, 5) is 7.05. The molecule has 0 aromatic heterocycles. The van der Waals surface area contributed by atoms with Crippen molar-refractivity contribution >= 4 is 11.6 Å². The highest BCUT2D eigenvalue weighted by Gasteiger charge is 2.21. The van der Waals surface area contributed by atoms with Crippen LogP contribution in [0, 0.1) is 5.92 Å². The van der Waals surface area contributed by atoms with Crippen LogP contribution in [-0.2, 0) is 6.42 Å². The van der Waals surface area contributed by atoms with Crippen LogP contribution in [0.4, 0.5) is 5.69 Å². The summed E-state index contributed by atoms with van der Waals surface area (Å²) in [6, 6.07) is 20.6. The normalized spacial score (nSPS) is 18.7. The quantitative estimate of drug-likeness (QED) is 0.635. The van der Waals surface area contributed by atoms with Gasteiger partial charge in [-0.05, 0) is 43.0 Å². The second kappa shape index (κ2) is 8.50. The minimum Gasteiger partial charge on any atom is -0.370 e. The fourth-order valence-corrected chi connectivity index (χ4v) is 3.13. The first-order valence-corrected chi connectivity index (χ1v) is 8.68. The minimum atomic E-state index is 0.504. The molecule has 0 aliphatic carbocycles. The molecule has 24 heavy (non-hydrogen) atoms. The van der Waals surface area contributed by atoms with Crippen LogP contribution in [0.2, 0.25) is 0 Å². The van der Waals surface area contributed by atoms with E-state index in [1.54, 1.807) is 0 Å². The predicted molar refractivity (Wildman–Crippen MR) is 101 cm³/mol. The Kier molecular flexibility index (Phi) is 5.85. The number of hydrogen-bond donors (Lipinski definition) is 2. The number of hydrogen-bond acceptors (Lipinski definition) is 2. The SMILES string of the molecule is NC(=NC[C@@H]1CCN(CCc2ccccc2)C1)Nc1ccccc1. The molecule has 1 fully saturated rings. The number of nitrogens with one attached hydrogen (secondary N) is 1. The average Bonchev–Trinajstić information content (AvgIpc) is 3.08. The molecule has 126 valence electrons. The van der Waals surface area contributed by atoms with Gasteiger partial charge in [-0.15, -0.1) is 0 Å². The van der Waals surface area contributed by atoms with E-state index in [4.69, 9.17) is 5.73 Å². The molecule has 1 saturated heterocycles. The maximum atomic E-state index is 5.98. The third kappa shape index (κ3) is 5.10. The van der Waals surface area contributed by atoms with Crippen LogP contribution in [-0.4, -0.2) is 37.0 Å². The Hall–Kier alpha value is -2.33. The molecule has 1 heterocycles. The number of guanidine groups is 1. The Morgan fingerprint density at radius 1 is 1.08 bits per heavy atom. The van der Waals surface area contributed by atoms with Crippen molar-refractivity contribution in [1.29, 1.82) is 0 Å². The number of para-hydroxylation sites is 1. The van der Waals surface area contributed by atoms with Gasteiger partial charge in [-0.3, -0.25) is 4.99 Å². The van der Waals surface area contributed by atoms with Gasteiger partial charge in [0.2, 0.25) is 0 Å². The average molecular weight is 322 g/mol. The zero-order valence-corrected chi connectivity index (χ0v) is 14.1. The van der Waals surface area contributed by atoms with Crippen molar-refractivity contribution < 1.29 is 0 Å². The van der Waals surface area contributed by atoms with E-state index in [9.17, 15) is 0 Å². The molecule has 1 aliphatic heterocycles. The van der Waals surface area contributed by atoms with Crippen LogP contribution in [0.15, 0.2) is 65.7 Å². The van der Waals surface area contributed by atoms with Crippen molar-refractivity contribution in [2.45, 2.75) is 12.8 Å². The van der Waals surface area contributed by atoms with E-state index in [0.717, 1.165) is 31.7 Å². The van der Waals surface area contributed by atoms with Crippen LogP contribution in [0.5, 0.6) is 0 Å². The van der Waals surface area contributed by atoms with Gasteiger partial charge in [-0.1, -0.05) is 48.5 Å². The first-order valence-electron chi connectivity index (χ1n) is 8.68. The molecule has 0 radical (unpaired) electrons. The van der Waals surface area contributed by atoms with Crippen LogP contribution < -0.4 is 11.1 Å². The number of anilines is 1. The molecule has 4 nitrogen and oxygen atoms in total. The van der Waals surface area contributed by atoms with Gasteiger partial charge in [0, 0.05) is 25.3 Å². The fourth-order valence-electron chi connectivity index (χ4n) is 3.13. The first-order chi connectivity index (χ1) is 11.8. The fraction of sp³-hybridized carbons (Fsp3) is 0.350. The highest BCUT2D eigenvalue weighted by atomic mass is 15.2. The lowest BCUT2D eigenvalue weighted by atomic mass is 10.1. The van der Waals surface area contributed by atoms with Crippen LogP contribution in [0.1, 0.15) is 12.0 Å². The Labute approximate surface area is 144 Å². The number of aliphatic imine (C=N–C) groups is 1.